The quantitative estimate of drug-likeness (QED) is 0.653. The van der Waals surface area contributed by atoms with Gasteiger partial charge in [0.2, 0.25) is 11.8 Å². The predicted molar refractivity (Wildman–Crippen MR) is 130 cm³/mol. The Labute approximate surface area is 204 Å². The number of rotatable bonds is 6. The molecule has 35 heavy (non-hydrogen) atoms. The molecule has 3 heterocycles. The molecule has 0 saturated carbocycles. The third kappa shape index (κ3) is 5.64. The lowest BCUT2D eigenvalue weighted by Crippen LogP contribution is -2.53. The minimum absolute atomic E-state index is 0.0884. The first kappa shape index (κ1) is 24.7. The molecule has 1 aromatic carbocycles. The van der Waals surface area contributed by atoms with Crippen LogP contribution in [0.25, 0.3) is 0 Å². The van der Waals surface area contributed by atoms with Crippen LogP contribution in [0.15, 0.2) is 24.4 Å². The van der Waals surface area contributed by atoms with Gasteiger partial charge in [-0.25, -0.2) is 0 Å². The predicted octanol–water partition coefficient (Wildman–Crippen LogP) is 2.88. The third-order valence-corrected chi connectivity index (χ3v) is 6.47. The highest BCUT2D eigenvalue weighted by molar-refractivity contribution is 5.99. The Morgan fingerprint density at radius 1 is 1.17 bits per heavy atom. The van der Waals surface area contributed by atoms with Crippen LogP contribution in [0.5, 0.6) is 5.75 Å². The molecule has 1 fully saturated rings. The molecule has 2 N–H and O–H groups in total. The number of amides is 3. The summed E-state index contributed by atoms with van der Waals surface area (Å²) in [6.07, 6.45) is 3.88. The van der Waals surface area contributed by atoms with E-state index in [9.17, 15) is 14.4 Å². The van der Waals surface area contributed by atoms with Gasteiger partial charge in [-0.3, -0.25) is 19.1 Å². The van der Waals surface area contributed by atoms with Crippen LogP contribution in [-0.2, 0) is 21.4 Å². The highest BCUT2D eigenvalue weighted by Gasteiger charge is 2.39. The zero-order valence-electron chi connectivity index (χ0n) is 20.7. The van der Waals surface area contributed by atoms with E-state index in [-0.39, 0.29) is 49.0 Å². The van der Waals surface area contributed by atoms with E-state index in [0.29, 0.717) is 42.0 Å². The SMILES string of the molecule is CCCC(=O)Nc1ccc2c(c1)C(=O)N(C)[C@H]1CC[C@@H](CC(=O)Nc3cn(C)nc3C)O[C@@H]1CO2. The Morgan fingerprint density at radius 2 is 1.97 bits per heavy atom. The van der Waals surface area contributed by atoms with E-state index in [1.54, 1.807) is 48.1 Å². The van der Waals surface area contributed by atoms with Crippen molar-refractivity contribution in [1.29, 1.82) is 0 Å². The normalized spacial score (nSPS) is 21.8. The fourth-order valence-electron chi connectivity index (χ4n) is 4.69. The number of hydrogen-bond donors (Lipinski definition) is 2. The largest absolute Gasteiger partial charge is 0.490 e. The summed E-state index contributed by atoms with van der Waals surface area (Å²) in [5.74, 6) is 0.0377. The smallest absolute Gasteiger partial charge is 0.257 e. The van der Waals surface area contributed by atoms with Gasteiger partial charge in [0.05, 0.1) is 35.5 Å². The Balaban J connectivity index is 1.42. The molecule has 188 valence electrons. The summed E-state index contributed by atoms with van der Waals surface area (Å²) >= 11 is 0. The molecule has 2 aliphatic rings. The number of aromatic nitrogens is 2. The second-order valence-corrected chi connectivity index (χ2v) is 9.23. The number of hydrogen-bond acceptors (Lipinski definition) is 6. The molecule has 2 aliphatic heterocycles. The van der Waals surface area contributed by atoms with Crippen molar-refractivity contribution in [2.24, 2.45) is 7.05 Å². The number of nitrogens with zero attached hydrogens (tertiary/aromatic N) is 3. The van der Waals surface area contributed by atoms with Gasteiger partial charge in [-0.1, -0.05) is 6.92 Å². The van der Waals surface area contributed by atoms with Crippen LogP contribution in [0.1, 0.15) is 55.1 Å². The monoisotopic (exact) mass is 483 g/mol. The molecule has 0 bridgehead atoms. The van der Waals surface area contributed by atoms with E-state index in [4.69, 9.17) is 9.47 Å². The number of carbonyl (C=O) groups excluding carboxylic acids is 3. The van der Waals surface area contributed by atoms with Crippen LogP contribution in [-0.4, -0.2) is 64.3 Å². The number of ether oxygens (including phenoxy) is 2. The van der Waals surface area contributed by atoms with Crippen LogP contribution in [0.2, 0.25) is 0 Å². The molecule has 0 aliphatic carbocycles. The van der Waals surface area contributed by atoms with Gasteiger partial charge in [0, 0.05) is 32.4 Å². The number of benzene rings is 1. The first-order valence-electron chi connectivity index (χ1n) is 12.0. The molecule has 3 amide bonds. The van der Waals surface area contributed by atoms with E-state index in [1.807, 2.05) is 13.8 Å². The molecule has 3 atom stereocenters. The fraction of sp³-hybridized carbons (Fsp3) is 0.520. The van der Waals surface area contributed by atoms with Gasteiger partial charge >= 0.3 is 0 Å². The number of nitrogens with one attached hydrogen (secondary N) is 2. The number of likely N-dealkylation sites (N-methyl/N-ethyl adjacent to an activating group) is 1. The van der Waals surface area contributed by atoms with Gasteiger partial charge in [-0.2, -0.15) is 5.10 Å². The van der Waals surface area contributed by atoms with Crippen LogP contribution in [0, 0.1) is 6.92 Å². The van der Waals surface area contributed by atoms with Crippen molar-refractivity contribution in [2.75, 3.05) is 24.3 Å². The Hall–Kier alpha value is -3.40. The molecule has 0 unspecified atom stereocenters. The zero-order valence-corrected chi connectivity index (χ0v) is 20.7. The number of aryl methyl sites for hydroxylation is 2. The van der Waals surface area contributed by atoms with Crippen LogP contribution < -0.4 is 15.4 Å². The van der Waals surface area contributed by atoms with Crippen molar-refractivity contribution in [1.82, 2.24) is 14.7 Å². The fourth-order valence-corrected chi connectivity index (χ4v) is 4.69. The van der Waals surface area contributed by atoms with Crippen molar-refractivity contribution in [3.05, 3.63) is 35.7 Å². The summed E-state index contributed by atoms with van der Waals surface area (Å²) in [7, 11) is 3.57. The second-order valence-electron chi connectivity index (χ2n) is 9.23. The zero-order chi connectivity index (χ0) is 25.1. The van der Waals surface area contributed by atoms with Gasteiger partial charge in [0.1, 0.15) is 18.5 Å². The first-order chi connectivity index (χ1) is 16.7. The molecule has 4 rings (SSSR count). The summed E-state index contributed by atoms with van der Waals surface area (Å²) in [6.45, 7) is 4.04. The minimum Gasteiger partial charge on any atom is -0.490 e. The first-order valence-corrected chi connectivity index (χ1v) is 12.0. The van der Waals surface area contributed by atoms with Crippen molar-refractivity contribution >= 4 is 29.1 Å². The maximum Gasteiger partial charge on any atom is 0.257 e. The summed E-state index contributed by atoms with van der Waals surface area (Å²) in [5.41, 5.74) is 2.42. The van der Waals surface area contributed by atoms with Crippen molar-refractivity contribution in [3.8, 4) is 5.75 Å². The number of fused-ring (bicyclic) bond motifs is 2. The average molecular weight is 484 g/mol. The van der Waals surface area contributed by atoms with E-state index in [0.717, 1.165) is 12.1 Å². The lowest BCUT2D eigenvalue weighted by atomic mass is 9.94. The van der Waals surface area contributed by atoms with Crippen LogP contribution >= 0.6 is 0 Å². The summed E-state index contributed by atoms with van der Waals surface area (Å²) in [6, 6.07) is 4.93. The van der Waals surface area contributed by atoms with Crippen molar-refractivity contribution < 1.29 is 23.9 Å². The van der Waals surface area contributed by atoms with E-state index in [1.165, 1.54) is 0 Å². The van der Waals surface area contributed by atoms with Crippen LogP contribution in [0.4, 0.5) is 11.4 Å². The summed E-state index contributed by atoms with van der Waals surface area (Å²) in [4.78, 5) is 39.6. The maximum atomic E-state index is 13.3. The lowest BCUT2D eigenvalue weighted by molar-refractivity contribution is -0.130. The lowest BCUT2D eigenvalue weighted by Gasteiger charge is -2.42. The van der Waals surface area contributed by atoms with E-state index in [2.05, 4.69) is 15.7 Å². The minimum atomic E-state index is -0.354. The topological polar surface area (TPSA) is 115 Å². The van der Waals surface area contributed by atoms with Gasteiger partial charge in [-0.15, -0.1) is 0 Å². The highest BCUT2D eigenvalue weighted by atomic mass is 16.5. The molecule has 10 nitrogen and oxygen atoms in total. The van der Waals surface area contributed by atoms with E-state index < -0.39 is 0 Å². The molecular weight excluding hydrogens is 450 g/mol. The third-order valence-electron chi connectivity index (χ3n) is 6.47. The van der Waals surface area contributed by atoms with E-state index >= 15 is 0 Å². The molecule has 1 saturated heterocycles. The van der Waals surface area contributed by atoms with Gasteiger partial charge in [-0.05, 0) is 44.4 Å². The van der Waals surface area contributed by atoms with Gasteiger partial charge in [0.15, 0.2) is 0 Å². The molecule has 2 aromatic rings. The second kappa shape index (κ2) is 10.5. The average Bonchev–Trinajstić information content (AvgIpc) is 3.12. The van der Waals surface area contributed by atoms with Gasteiger partial charge < -0.3 is 25.0 Å². The standard InChI is InChI=1S/C25H33N5O5/c1-5-6-23(31)26-16-7-10-21-18(11-16)25(33)30(4)20-9-8-17(35-22(20)14-34-21)12-24(32)27-19-13-29(3)28-15(19)2/h7,10-11,13,17,20,22H,5-6,8-9,12,14H2,1-4H3,(H,26,31)(H,27,32)/t17-,20-,22+/m0/s1. The highest BCUT2D eigenvalue weighted by Crippen LogP contribution is 2.32. The molecule has 0 spiro atoms. The summed E-state index contributed by atoms with van der Waals surface area (Å²) in [5, 5.41) is 9.98. The number of anilines is 2. The molecule has 0 radical (unpaired) electrons. The summed E-state index contributed by atoms with van der Waals surface area (Å²) < 4.78 is 13.9. The molecule has 1 aromatic heterocycles. The Morgan fingerprint density at radius 3 is 2.69 bits per heavy atom. The molecule has 10 heteroatoms. The number of carbonyl (C=O) groups is 3. The van der Waals surface area contributed by atoms with Crippen LogP contribution in [0.3, 0.4) is 0 Å². The molecular formula is C25H33N5O5. The van der Waals surface area contributed by atoms with Gasteiger partial charge in [0.25, 0.3) is 5.91 Å². The Bertz CT molecular complexity index is 1110. The maximum absolute atomic E-state index is 13.3. The van der Waals surface area contributed by atoms with Crippen molar-refractivity contribution in [2.45, 2.75) is 64.2 Å². The van der Waals surface area contributed by atoms with Crippen molar-refractivity contribution in [3.63, 3.8) is 0 Å². The Kier molecular flexibility index (Phi) is 7.39.